The third-order valence-corrected chi connectivity index (χ3v) is 3.01. The molecule has 19 heavy (non-hydrogen) atoms. The number of likely N-dealkylation sites (N-methyl/N-ethyl adjacent to an activating group) is 1. The molecule has 0 aliphatic heterocycles. The molecule has 0 bridgehead atoms. The molecule has 0 radical (unpaired) electrons. The van der Waals surface area contributed by atoms with Crippen LogP contribution in [-0.4, -0.2) is 50.7 Å². The lowest BCUT2D eigenvalue weighted by Gasteiger charge is -2.25. The molecule has 0 saturated heterocycles. The minimum atomic E-state index is -1.52. The van der Waals surface area contributed by atoms with E-state index < -0.39 is 23.5 Å². The van der Waals surface area contributed by atoms with Crippen molar-refractivity contribution >= 4 is 11.9 Å². The summed E-state index contributed by atoms with van der Waals surface area (Å²) in [7, 11) is 1.51. The zero-order chi connectivity index (χ0) is 14.5. The van der Waals surface area contributed by atoms with Crippen LogP contribution in [0, 0.1) is 0 Å². The molecule has 0 saturated carbocycles. The highest BCUT2D eigenvalue weighted by Crippen LogP contribution is 2.17. The number of hydrogen-bond donors (Lipinski definition) is 5. The summed E-state index contributed by atoms with van der Waals surface area (Å²) < 4.78 is 0. The Hall–Kier alpha value is -1.93. The van der Waals surface area contributed by atoms with Crippen molar-refractivity contribution in [2.75, 3.05) is 7.05 Å². The average molecular weight is 270 g/mol. The predicted octanol–water partition coefficient (Wildman–Crippen LogP) is -0.813. The molecule has 1 rings (SSSR count). The first-order chi connectivity index (χ1) is 8.89. The van der Waals surface area contributed by atoms with Crippen molar-refractivity contribution in [2.45, 2.75) is 30.8 Å². The van der Waals surface area contributed by atoms with Crippen molar-refractivity contribution in [2.24, 2.45) is 5.73 Å². The highest BCUT2D eigenvalue weighted by Gasteiger charge is 2.35. The first kappa shape index (κ1) is 15.1. The molecule has 1 aromatic rings. The van der Waals surface area contributed by atoms with Gasteiger partial charge in [-0.1, -0.05) is 0 Å². The average Bonchev–Trinajstić information content (AvgIpc) is 2.81. The number of carboxylic acid groups (broad SMARTS) is 2. The summed E-state index contributed by atoms with van der Waals surface area (Å²) in [6.45, 7) is 0. The summed E-state index contributed by atoms with van der Waals surface area (Å²) in [5, 5.41) is 20.7. The number of aromatic nitrogens is 2. The van der Waals surface area contributed by atoms with E-state index in [1.165, 1.54) is 19.6 Å². The minimum Gasteiger partial charge on any atom is -0.480 e. The molecule has 0 aliphatic rings. The molecule has 1 heterocycles. The number of nitrogens with two attached hydrogens (primary N) is 1. The quantitative estimate of drug-likeness (QED) is 0.415. The smallest absolute Gasteiger partial charge is 0.324 e. The van der Waals surface area contributed by atoms with Gasteiger partial charge in [-0.25, -0.2) is 4.98 Å². The molecule has 2 atom stereocenters. The lowest BCUT2D eigenvalue weighted by Crippen LogP contribution is -2.51. The van der Waals surface area contributed by atoms with Gasteiger partial charge in [0.1, 0.15) is 11.6 Å². The first-order valence-electron chi connectivity index (χ1n) is 5.78. The molecule has 6 N–H and O–H groups in total. The zero-order valence-electron chi connectivity index (χ0n) is 10.6. The van der Waals surface area contributed by atoms with Crippen molar-refractivity contribution in [3.8, 4) is 0 Å². The Bertz CT molecular complexity index is 434. The van der Waals surface area contributed by atoms with E-state index >= 15 is 0 Å². The van der Waals surface area contributed by atoms with Crippen LogP contribution in [0.25, 0.3) is 0 Å². The second-order valence-electron chi connectivity index (χ2n) is 4.43. The number of nitrogens with one attached hydrogen (secondary N) is 2. The molecular weight excluding hydrogens is 252 g/mol. The van der Waals surface area contributed by atoms with Crippen molar-refractivity contribution in [1.82, 2.24) is 15.3 Å². The molecule has 8 nitrogen and oxygen atoms in total. The van der Waals surface area contributed by atoms with Gasteiger partial charge in [-0.2, -0.15) is 0 Å². The minimum absolute atomic E-state index is 0.0408. The highest BCUT2D eigenvalue weighted by atomic mass is 16.4. The number of nitrogens with zero attached hydrogens (tertiary/aromatic N) is 1. The van der Waals surface area contributed by atoms with Gasteiger partial charge in [0, 0.05) is 18.3 Å². The molecule has 0 spiro atoms. The van der Waals surface area contributed by atoms with E-state index in [1.807, 2.05) is 0 Å². The fourth-order valence-electron chi connectivity index (χ4n) is 1.79. The van der Waals surface area contributed by atoms with Crippen LogP contribution in [0.15, 0.2) is 12.5 Å². The number of imidazole rings is 1. The summed E-state index contributed by atoms with van der Waals surface area (Å²) in [6, 6.07) is -0.816. The summed E-state index contributed by atoms with van der Waals surface area (Å²) in [6.07, 6.45) is 3.17. The van der Waals surface area contributed by atoms with Crippen molar-refractivity contribution in [3.63, 3.8) is 0 Å². The Balaban J connectivity index is 2.71. The number of aliphatic carboxylic acids is 2. The lowest BCUT2D eigenvalue weighted by molar-refractivity contribution is -0.145. The van der Waals surface area contributed by atoms with Gasteiger partial charge < -0.3 is 26.2 Å². The molecule has 1 aromatic heterocycles. The van der Waals surface area contributed by atoms with Crippen LogP contribution in [0.3, 0.4) is 0 Å². The third-order valence-electron chi connectivity index (χ3n) is 3.01. The largest absolute Gasteiger partial charge is 0.480 e. The van der Waals surface area contributed by atoms with Crippen LogP contribution in [0.2, 0.25) is 0 Å². The molecule has 0 amide bonds. The van der Waals surface area contributed by atoms with E-state index in [-0.39, 0.29) is 19.3 Å². The zero-order valence-corrected chi connectivity index (χ0v) is 10.6. The second kappa shape index (κ2) is 6.30. The second-order valence-corrected chi connectivity index (χ2v) is 4.43. The highest BCUT2D eigenvalue weighted by molar-refractivity contribution is 5.79. The molecule has 0 aliphatic carbocycles. The number of aromatic amines is 1. The summed E-state index contributed by atoms with van der Waals surface area (Å²) >= 11 is 0. The fraction of sp³-hybridized carbons (Fsp3) is 0.545. The monoisotopic (exact) mass is 270 g/mol. The number of hydrogen-bond acceptors (Lipinski definition) is 5. The Morgan fingerprint density at radius 1 is 1.58 bits per heavy atom. The van der Waals surface area contributed by atoms with Gasteiger partial charge >= 0.3 is 11.9 Å². The van der Waals surface area contributed by atoms with Gasteiger partial charge in [-0.05, 0) is 19.9 Å². The van der Waals surface area contributed by atoms with Gasteiger partial charge in [0.2, 0.25) is 0 Å². The van der Waals surface area contributed by atoms with E-state index in [1.54, 1.807) is 0 Å². The van der Waals surface area contributed by atoms with Crippen LogP contribution in [0.1, 0.15) is 18.5 Å². The van der Waals surface area contributed by atoms with E-state index in [4.69, 9.17) is 10.8 Å². The maximum atomic E-state index is 11.3. The number of rotatable bonds is 8. The van der Waals surface area contributed by atoms with Gasteiger partial charge in [0.05, 0.1) is 6.33 Å². The standard InChI is InChI=1S/C11H18N4O4/c1-13-8(9(16)17)2-3-11(12,10(18)19)4-7-5-14-6-15-7/h5-6,8,13H,2-4,12H2,1H3,(H,14,15)(H,16,17)(H,18,19). The normalized spacial score (nSPS) is 15.7. The summed E-state index contributed by atoms with van der Waals surface area (Å²) in [5.74, 6) is -2.20. The lowest BCUT2D eigenvalue weighted by atomic mass is 9.88. The van der Waals surface area contributed by atoms with Gasteiger partial charge in [0.25, 0.3) is 0 Å². The molecule has 0 fully saturated rings. The van der Waals surface area contributed by atoms with Crippen molar-refractivity contribution in [1.29, 1.82) is 0 Å². The maximum absolute atomic E-state index is 11.3. The topological polar surface area (TPSA) is 141 Å². The van der Waals surface area contributed by atoms with E-state index in [0.717, 1.165) is 0 Å². The van der Waals surface area contributed by atoms with Gasteiger partial charge in [-0.15, -0.1) is 0 Å². The summed E-state index contributed by atoms with van der Waals surface area (Å²) in [5.41, 5.74) is 4.95. The Kier molecular flexibility index (Phi) is 5.02. The van der Waals surface area contributed by atoms with Crippen LogP contribution in [-0.2, 0) is 16.0 Å². The predicted molar refractivity (Wildman–Crippen MR) is 66.6 cm³/mol. The first-order valence-corrected chi connectivity index (χ1v) is 5.78. The Morgan fingerprint density at radius 3 is 2.68 bits per heavy atom. The number of H-pyrrole nitrogens is 1. The van der Waals surface area contributed by atoms with Crippen LogP contribution in [0.4, 0.5) is 0 Å². The molecular formula is C11H18N4O4. The van der Waals surface area contributed by atoms with Crippen molar-refractivity contribution in [3.05, 3.63) is 18.2 Å². The SMILES string of the molecule is CNC(CCC(N)(Cc1cnc[nH]1)C(=O)O)C(=O)O. The molecule has 8 heteroatoms. The van der Waals surface area contributed by atoms with Crippen LogP contribution >= 0.6 is 0 Å². The van der Waals surface area contributed by atoms with Crippen molar-refractivity contribution < 1.29 is 19.8 Å². The molecule has 106 valence electrons. The maximum Gasteiger partial charge on any atom is 0.324 e. The number of carboxylic acids is 2. The Labute approximate surface area is 110 Å². The molecule has 2 unspecified atom stereocenters. The fourth-order valence-corrected chi connectivity index (χ4v) is 1.79. The van der Waals surface area contributed by atoms with E-state index in [2.05, 4.69) is 15.3 Å². The third kappa shape index (κ3) is 4.04. The number of carbonyl (C=O) groups is 2. The van der Waals surface area contributed by atoms with E-state index in [0.29, 0.717) is 5.69 Å². The summed E-state index contributed by atoms with van der Waals surface area (Å²) in [4.78, 5) is 28.7. The van der Waals surface area contributed by atoms with Gasteiger partial charge in [-0.3, -0.25) is 9.59 Å². The van der Waals surface area contributed by atoms with E-state index in [9.17, 15) is 14.7 Å². The molecule has 0 aromatic carbocycles. The van der Waals surface area contributed by atoms with Gasteiger partial charge in [0.15, 0.2) is 0 Å². The van der Waals surface area contributed by atoms with Crippen LogP contribution < -0.4 is 11.1 Å². The van der Waals surface area contributed by atoms with Crippen LogP contribution in [0.5, 0.6) is 0 Å². The Morgan fingerprint density at radius 2 is 2.26 bits per heavy atom.